The van der Waals surface area contributed by atoms with E-state index >= 15 is 0 Å². The molecule has 2 atom stereocenters. The standard InChI is InChI=1S/C16H30Br2N2O2/c1-11(2)19-15(21)13(17)9-7-5-6-8-10-14(18)16(22)20-12(3)4/h11-14H,5-10H2,1-4H3,(H,19,21)(H,20,22). The van der Waals surface area contributed by atoms with Gasteiger partial charge in [0.25, 0.3) is 0 Å². The minimum atomic E-state index is -0.101. The van der Waals surface area contributed by atoms with Crippen molar-refractivity contribution >= 4 is 43.7 Å². The predicted octanol–water partition coefficient (Wildman–Crippen LogP) is 3.90. The molecule has 0 radical (unpaired) electrons. The van der Waals surface area contributed by atoms with Gasteiger partial charge in [-0.2, -0.15) is 0 Å². The summed E-state index contributed by atoms with van der Waals surface area (Å²) < 4.78 is 0. The molecule has 0 aliphatic carbocycles. The second-order valence-corrected chi connectivity index (χ2v) is 8.46. The zero-order chi connectivity index (χ0) is 17.1. The summed E-state index contributed by atoms with van der Waals surface area (Å²) in [5.74, 6) is 0.141. The molecule has 2 N–H and O–H groups in total. The van der Waals surface area contributed by atoms with Crippen LogP contribution in [0.15, 0.2) is 0 Å². The third-order valence-corrected chi connectivity index (χ3v) is 4.84. The zero-order valence-electron chi connectivity index (χ0n) is 14.1. The van der Waals surface area contributed by atoms with Crippen LogP contribution < -0.4 is 10.6 Å². The Balaban J connectivity index is 3.65. The normalized spacial score (nSPS) is 14.0. The van der Waals surface area contributed by atoms with Crippen LogP contribution in [-0.2, 0) is 9.59 Å². The number of carbonyl (C=O) groups is 2. The molecule has 6 heteroatoms. The summed E-state index contributed by atoms with van der Waals surface area (Å²) in [6, 6.07) is 0.362. The lowest BCUT2D eigenvalue weighted by Crippen LogP contribution is -2.36. The highest BCUT2D eigenvalue weighted by Crippen LogP contribution is 2.16. The summed E-state index contributed by atoms with van der Waals surface area (Å²) in [6.07, 6.45) is 5.92. The first-order chi connectivity index (χ1) is 10.2. The average molecular weight is 442 g/mol. The Morgan fingerprint density at radius 2 is 1.05 bits per heavy atom. The maximum absolute atomic E-state index is 11.7. The molecule has 0 fully saturated rings. The Kier molecular flexibility index (Phi) is 12.3. The van der Waals surface area contributed by atoms with Crippen molar-refractivity contribution in [3.8, 4) is 0 Å². The second kappa shape index (κ2) is 12.3. The number of halogens is 2. The SMILES string of the molecule is CC(C)NC(=O)C(Br)CCCCCCC(Br)C(=O)NC(C)C. The monoisotopic (exact) mass is 440 g/mol. The van der Waals surface area contributed by atoms with Crippen molar-refractivity contribution in [3.63, 3.8) is 0 Å². The molecule has 0 aromatic rings. The molecule has 22 heavy (non-hydrogen) atoms. The van der Waals surface area contributed by atoms with Gasteiger partial charge in [-0.25, -0.2) is 0 Å². The number of hydrogen-bond donors (Lipinski definition) is 2. The molecule has 2 amide bonds. The molecule has 130 valence electrons. The molecule has 0 aromatic heterocycles. The molecule has 2 unspecified atom stereocenters. The Bertz CT molecular complexity index is 304. The van der Waals surface area contributed by atoms with E-state index in [0.717, 1.165) is 38.5 Å². The first kappa shape index (κ1) is 21.9. The highest BCUT2D eigenvalue weighted by atomic mass is 79.9. The van der Waals surface area contributed by atoms with Crippen LogP contribution in [0.4, 0.5) is 0 Å². The van der Waals surface area contributed by atoms with E-state index in [1.807, 2.05) is 27.7 Å². The fraction of sp³-hybridized carbons (Fsp3) is 0.875. The van der Waals surface area contributed by atoms with Gasteiger partial charge in [-0.1, -0.05) is 57.5 Å². The lowest BCUT2D eigenvalue weighted by molar-refractivity contribution is -0.121. The lowest BCUT2D eigenvalue weighted by Gasteiger charge is -2.14. The zero-order valence-corrected chi connectivity index (χ0v) is 17.3. The van der Waals surface area contributed by atoms with Crippen LogP contribution in [0.2, 0.25) is 0 Å². The van der Waals surface area contributed by atoms with E-state index in [2.05, 4.69) is 42.5 Å². The van der Waals surface area contributed by atoms with E-state index in [0.29, 0.717) is 0 Å². The average Bonchev–Trinajstić information content (AvgIpc) is 2.40. The smallest absolute Gasteiger partial charge is 0.233 e. The minimum absolute atomic E-state index is 0.0703. The summed E-state index contributed by atoms with van der Waals surface area (Å²) in [5, 5.41) is 5.80. The van der Waals surface area contributed by atoms with Gasteiger partial charge >= 0.3 is 0 Å². The van der Waals surface area contributed by atoms with E-state index in [1.54, 1.807) is 0 Å². The molecule has 0 aliphatic rings. The number of carbonyl (C=O) groups excluding carboxylic acids is 2. The predicted molar refractivity (Wildman–Crippen MR) is 99.7 cm³/mol. The summed E-state index contributed by atoms with van der Waals surface area (Å²) in [6.45, 7) is 7.85. The van der Waals surface area contributed by atoms with Crippen molar-refractivity contribution in [1.29, 1.82) is 0 Å². The number of unbranched alkanes of at least 4 members (excludes halogenated alkanes) is 3. The number of rotatable bonds is 11. The number of hydrogen-bond acceptors (Lipinski definition) is 2. The molecule has 0 bridgehead atoms. The van der Waals surface area contributed by atoms with Gasteiger partial charge in [0.15, 0.2) is 0 Å². The molecule has 0 saturated carbocycles. The van der Waals surface area contributed by atoms with Gasteiger partial charge in [0.05, 0.1) is 9.65 Å². The van der Waals surface area contributed by atoms with Crippen molar-refractivity contribution < 1.29 is 9.59 Å². The van der Waals surface area contributed by atoms with Crippen molar-refractivity contribution in [3.05, 3.63) is 0 Å². The van der Waals surface area contributed by atoms with E-state index in [1.165, 1.54) is 0 Å². The van der Waals surface area contributed by atoms with Gasteiger partial charge in [0.2, 0.25) is 11.8 Å². The van der Waals surface area contributed by atoms with Gasteiger partial charge < -0.3 is 10.6 Å². The highest BCUT2D eigenvalue weighted by Gasteiger charge is 2.16. The van der Waals surface area contributed by atoms with Gasteiger partial charge in [0.1, 0.15) is 0 Å². The van der Waals surface area contributed by atoms with Crippen molar-refractivity contribution in [1.82, 2.24) is 10.6 Å². The second-order valence-electron chi connectivity index (χ2n) is 6.25. The lowest BCUT2D eigenvalue weighted by atomic mass is 10.1. The maximum atomic E-state index is 11.7. The molecule has 0 spiro atoms. The Morgan fingerprint density at radius 3 is 1.32 bits per heavy atom. The Hall–Kier alpha value is -0.100. The Morgan fingerprint density at radius 1 is 0.727 bits per heavy atom. The first-order valence-electron chi connectivity index (χ1n) is 8.13. The van der Waals surface area contributed by atoms with Crippen LogP contribution >= 0.6 is 31.9 Å². The minimum Gasteiger partial charge on any atom is -0.353 e. The van der Waals surface area contributed by atoms with Crippen molar-refractivity contribution in [2.45, 2.75) is 88.0 Å². The van der Waals surface area contributed by atoms with E-state index < -0.39 is 0 Å². The van der Waals surface area contributed by atoms with Gasteiger partial charge in [-0.3, -0.25) is 9.59 Å². The summed E-state index contributed by atoms with van der Waals surface area (Å²) in [7, 11) is 0. The third kappa shape index (κ3) is 11.5. The fourth-order valence-corrected chi connectivity index (χ4v) is 2.92. The number of amides is 2. The number of nitrogens with one attached hydrogen (secondary N) is 2. The Labute approximate surface area is 151 Å². The third-order valence-electron chi connectivity index (χ3n) is 3.10. The van der Waals surface area contributed by atoms with E-state index in [9.17, 15) is 9.59 Å². The van der Waals surface area contributed by atoms with Crippen LogP contribution in [-0.4, -0.2) is 33.6 Å². The van der Waals surface area contributed by atoms with Crippen molar-refractivity contribution in [2.24, 2.45) is 0 Å². The van der Waals surface area contributed by atoms with Gasteiger partial charge in [-0.05, 0) is 40.5 Å². The van der Waals surface area contributed by atoms with E-state index in [4.69, 9.17) is 0 Å². The molecule has 4 nitrogen and oxygen atoms in total. The summed E-state index contributed by atoms with van der Waals surface area (Å²) >= 11 is 6.87. The fourth-order valence-electron chi connectivity index (χ4n) is 2.01. The van der Waals surface area contributed by atoms with E-state index in [-0.39, 0.29) is 33.6 Å². The molecule has 0 heterocycles. The quantitative estimate of drug-likeness (QED) is 0.377. The largest absolute Gasteiger partial charge is 0.353 e. The molecule has 0 rings (SSSR count). The molecule has 0 aromatic carbocycles. The summed E-state index contributed by atoms with van der Waals surface area (Å²) in [4.78, 5) is 23.2. The first-order valence-corrected chi connectivity index (χ1v) is 9.96. The number of alkyl halides is 2. The van der Waals surface area contributed by atoms with Crippen LogP contribution in [0.25, 0.3) is 0 Å². The molecular weight excluding hydrogens is 412 g/mol. The van der Waals surface area contributed by atoms with Crippen LogP contribution in [0, 0.1) is 0 Å². The van der Waals surface area contributed by atoms with Gasteiger partial charge in [-0.15, -0.1) is 0 Å². The van der Waals surface area contributed by atoms with Gasteiger partial charge in [0, 0.05) is 12.1 Å². The van der Waals surface area contributed by atoms with Crippen molar-refractivity contribution in [2.75, 3.05) is 0 Å². The maximum Gasteiger partial charge on any atom is 0.233 e. The molecular formula is C16H30Br2N2O2. The van der Waals surface area contributed by atoms with Crippen LogP contribution in [0.3, 0.4) is 0 Å². The van der Waals surface area contributed by atoms with Crippen LogP contribution in [0.5, 0.6) is 0 Å². The van der Waals surface area contributed by atoms with Crippen LogP contribution in [0.1, 0.15) is 66.2 Å². The molecule has 0 saturated heterocycles. The molecule has 0 aliphatic heterocycles. The summed E-state index contributed by atoms with van der Waals surface area (Å²) in [5.41, 5.74) is 0. The highest BCUT2D eigenvalue weighted by molar-refractivity contribution is 9.10. The topological polar surface area (TPSA) is 58.2 Å².